The molecule has 0 spiro atoms. The van der Waals surface area contributed by atoms with Crippen LogP contribution in [0.15, 0.2) is 91.4 Å². The molecule has 1 aliphatic heterocycles. The molecule has 10 nitrogen and oxygen atoms in total. The molecule has 4 heterocycles. The van der Waals surface area contributed by atoms with Gasteiger partial charge < -0.3 is 33.9 Å². The Balaban J connectivity index is 1.09. The van der Waals surface area contributed by atoms with Crippen LogP contribution in [0.4, 0.5) is 0 Å². The number of carbonyl (C=O) groups excluding carboxylic acids is 3. The molecule has 1 fully saturated rings. The van der Waals surface area contributed by atoms with Gasteiger partial charge in [-0.3, -0.25) is 14.4 Å². The molecular formula is C35H30N3O7. The van der Waals surface area contributed by atoms with Gasteiger partial charge in [0.05, 0.1) is 25.9 Å². The molecule has 1 aliphatic rings. The number of fused-ring (bicyclic) bond motifs is 3. The van der Waals surface area contributed by atoms with E-state index in [2.05, 4.69) is 15.0 Å². The van der Waals surface area contributed by atoms with Crippen LogP contribution in [-0.4, -0.2) is 58.0 Å². The molecule has 3 N–H and O–H groups in total. The molecule has 0 aliphatic carbocycles. The second-order valence-corrected chi connectivity index (χ2v) is 10.9. The maximum absolute atomic E-state index is 13.3. The van der Waals surface area contributed by atoms with Crippen molar-refractivity contribution in [2.45, 2.75) is 37.8 Å². The van der Waals surface area contributed by atoms with Crippen LogP contribution in [0.3, 0.4) is 0 Å². The predicted molar refractivity (Wildman–Crippen MR) is 166 cm³/mol. The topological polar surface area (TPSA) is 136 Å². The van der Waals surface area contributed by atoms with Crippen LogP contribution in [-0.2, 0) is 52.6 Å². The van der Waals surface area contributed by atoms with E-state index in [1.165, 1.54) is 0 Å². The van der Waals surface area contributed by atoms with Gasteiger partial charge in [-0.25, -0.2) is 0 Å². The van der Waals surface area contributed by atoms with Crippen molar-refractivity contribution in [1.29, 1.82) is 0 Å². The van der Waals surface area contributed by atoms with Gasteiger partial charge in [-0.1, -0.05) is 54.6 Å². The molecule has 6 aromatic rings. The Labute approximate surface area is 257 Å². The van der Waals surface area contributed by atoms with Crippen molar-refractivity contribution in [2.75, 3.05) is 6.61 Å². The Bertz CT molecular complexity index is 1910. The first-order valence-corrected chi connectivity index (χ1v) is 14.7. The molecule has 45 heavy (non-hydrogen) atoms. The van der Waals surface area contributed by atoms with E-state index in [4.69, 9.17) is 18.9 Å². The number of aromatic nitrogens is 3. The maximum Gasteiger partial charge on any atom is 0.312 e. The van der Waals surface area contributed by atoms with Gasteiger partial charge in [-0.2, -0.15) is 0 Å². The number of para-hydroxylation sites is 3. The standard InChI is InChI=1S/C35H30N3O7/c39-31(15-21-18-36-27-10-4-1-7-24(21)27)43-30-13-14-42-35(45-33(41)17-23-20-38-29-12-6-3-9-26(23)29)34(30)44-32(40)16-22-19-37-28-11-5-2-8-25(22)28/h1-13,18-20,30,34-38H,14-17H2/t30-,34-,35+/m1/s1. The third-order valence-electron chi connectivity index (χ3n) is 7.99. The zero-order chi connectivity index (χ0) is 30.8. The number of hydrogen-bond donors (Lipinski definition) is 3. The third-order valence-corrected chi connectivity index (χ3v) is 7.99. The van der Waals surface area contributed by atoms with Gasteiger partial charge in [0.2, 0.25) is 12.4 Å². The summed E-state index contributed by atoms with van der Waals surface area (Å²) >= 11 is 0. The lowest BCUT2D eigenvalue weighted by molar-refractivity contribution is -0.239. The van der Waals surface area contributed by atoms with Gasteiger partial charge in [-0.15, -0.1) is 0 Å². The van der Waals surface area contributed by atoms with Crippen molar-refractivity contribution in [3.8, 4) is 0 Å². The van der Waals surface area contributed by atoms with E-state index in [0.717, 1.165) is 49.4 Å². The molecule has 0 unspecified atom stereocenters. The number of nitrogens with one attached hydrogen (secondary N) is 3. The highest BCUT2D eigenvalue weighted by atomic mass is 16.7. The Hall–Kier alpha value is -5.35. The van der Waals surface area contributed by atoms with Crippen molar-refractivity contribution in [1.82, 2.24) is 15.0 Å². The van der Waals surface area contributed by atoms with E-state index >= 15 is 0 Å². The van der Waals surface area contributed by atoms with Crippen LogP contribution >= 0.6 is 0 Å². The van der Waals surface area contributed by atoms with E-state index in [9.17, 15) is 14.4 Å². The highest BCUT2D eigenvalue weighted by Crippen LogP contribution is 2.26. The molecule has 227 valence electrons. The van der Waals surface area contributed by atoms with Gasteiger partial charge in [0.1, 0.15) is 0 Å². The van der Waals surface area contributed by atoms with Gasteiger partial charge >= 0.3 is 17.9 Å². The summed E-state index contributed by atoms with van der Waals surface area (Å²) in [6, 6.07) is 22.9. The Morgan fingerprint density at radius 1 is 0.600 bits per heavy atom. The highest BCUT2D eigenvalue weighted by Gasteiger charge is 2.42. The third kappa shape index (κ3) is 6.05. The fourth-order valence-corrected chi connectivity index (χ4v) is 5.83. The summed E-state index contributed by atoms with van der Waals surface area (Å²) in [4.78, 5) is 49.1. The molecule has 10 heteroatoms. The summed E-state index contributed by atoms with van der Waals surface area (Å²) in [5.74, 6) is -1.68. The molecule has 0 saturated carbocycles. The van der Waals surface area contributed by atoms with Crippen LogP contribution in [0.2, 0.25) is 0 Å². The van der Waals surface area contributed by atoms with Crippen LogP contribution in [0.5, 0.6) is 0 Å². The van der Waals surface area contributed by atoms with E-state index in [0.29, 0.717) is 0 Å². The average molecular weight is 605 g/mol. The summed E-state index contributed by atoms with van der Waals surface area (Å²) in [6.45, 7) is 0.0204. The van der Waals surface area contributed by atoms with Gasteiger partial charge in [0.25, 0.3) is 0 Å². The molecule has 3 atom stereocenters. The van der Waals surface area contributed by atoms with E-state index < -0.39 is 36.4 Å². The average Bonchev–Trinajstić information content (AvgIpc) is 3.76. The van der Waals surface area contributed by atoms with Crippen molar-refractivity contribution < 1.29 is 33.3 Å². The lowest BCUT2D eigenvalue weighted by Crippen LogP contribution is -2.51. The second-order valence-electron chi connectivity index (χ2n) is 10.9. The Morgan fingerprint density at radius 3 is 1.51 bits per heavy atom. The fourth-order valence-electron chi connectivity index (χ4n) is 5.83. The molecule has 0 amide bonds. The zero-order valence-corrected chi connectivity index (χ0v) is 24.2. The van der Waals surface area contributed by atoms with Crippen LogP contribution in [0.1, 0.15) is 16.7 Å². The van der Waals surface area contributed by atoms with E-state index in [1.807, 2.05) is 72.8 Å². The summed E-state index contributed by atoms with van der Waals surface area (Å²) in [5, 5.41) is 2.71. The van der Waals surface area contributed by atoms with Gasteiger partial charge in [0.15, 0.2) is 6.10 Å². The zero-order valence-electron chi connectivity index (χ0n) is 24.2. The number of ether oxygens (including phenoxy) is 4. The normalized spacial score (nSPS) is 18.3. The summed E-state index contributed by atoms with van der Waals surface area (Å²) in [7, 11) is 0. The summed E-state index contributed by atoms with van der Waals surface area (Å²) < 4.78 is 23.2. The van der Waals surface area contributed by atoms with Crippen molar-refractivity contribution >= 4 is 50.6 Å². The Kier molecular flexibility index (Phi) is 7.79. The minimum absolute atomic E-state index is 0.00374. The number of H-pyrrole nitrogens is 3. The highest BCUT2D eigenvalue weighted by molar-refractivity contribution is 5.89. The molecule has 7 rings (SSSR count). The second kappa shape index (κ2) is 12.3. The number of benzene rings is 3. The minimum Gasteiger partial charge on any atom is -0.457 e. The first-order valence-electron chi connectivity index (χ1n) is 14.7. The molecule has 0 bridgehead atoms. The van der Waals surface area contributed by atoms with Crippen LogP contribution in [0, 0.1) is 6.42 Å². The molecule has 1 saturated heterocycles. The lowest BCUT2D eigenvalue weighted by Gasteiger charge is -2.36. The molecule has 1 radical (unpaired) electrons. The molecule has 3 aromatic carbocycles. The van der Waals surface area contributed by atoms with Crippen molar-refractivity contribution in [2.24, 2.45) is 0 Å². The first kappa shape index (κ1) is 28.4. The van der Waals surface area contributed by atoms with Crippen molar-refractivity contribution in [3.63, 3.8) is 0 Å². The quantitative estimate of drug-likeness (QED) is 0.155. The molecular weight excluding hydrogens is 574 g/mol. The maximum atomic E-state index is 13.3. The SMILES string of the molecule is O=C(Cc1c[nH]c2ccccc12)O[C@@H]1OC[CH][C@@H](OC(=O)Cc2c[nH]c3ccccc23)[C@H]1OC(=O)Cc1c[nH]c2ccccc12. The smallest absolute Gasteiger partial charge is 0.312 e. The lowest BCUT2D eigenvalue weighted by atomic mass is 10.1. The first-order chi connectivity index (χ1) is 22.0. The number of rotatable bonds is 9. The number of esters is 3. The van der Waals surface area contributed by atoms with E-state index in [-0.39, 0.29) is 25.9 Å². The van der Waals surface area contributed by atoms with Crippen LogP contribution in [0.25, 0.3) is 32.7 Å². The number of hydrogen-bond acceptors (Lipinski definition) is 7. The van der Waals surface area contributed by atoms with Gasteiger partial charge in [-0.05, 0) is 34.9 Å². The van der Waals surface area contributed by atoms with Crippen LogP contribution < -0.4 is 0 Å². The van der Waals surface area contributed by atoms with Gasteiger partial charge in [0, 0.05) is 57.7 Å². The molecule has 3 aromatic heterocycles. The fraction of sp³-hybridized carbons (Fsp3) is 0.200. The monoisotopic (exact) mass is 604 g/mol. The van der Waals surface area contributed by atoms with E-state index in [1.54, 1.807) is 25.0 Å². The minimum atomic E-state index is -1.29. The predicted octanol–water partition coefficient (Wildman–Crippen LogP) is 5.09. The Morgan fingerprint density at radius 2 is 1.02 bits per heavy atom. The summed E-state index contributed by atoms with van der Waals surface area (Å²) in [6.07, 6.45) is 3.30. The largest absolute Gasteiger partial charge is 0.457 e. The number of carbonyl (C=O) groups is 3. The van der Waals surface area contributed by atoms with Crippen molar-refractivity contribution in [3.05, 3.63) is 114 Å². The summed E-state index contributed by atoms with van der Waals surface area (Å²) in [5.41, 5.74) is 4.98. The number of aromatic amines is 3.